The Morgan fingerprint density at radius 3 is 3.08 bits per heavy atom. The summed E-state index contributed by atoms with van der Waals surface area (Å²) in [6, 6.07) is 4.12. The van der Waals surface area contributed by atoms with Gasteiger partial charge in [-0.1, -0.05) is 0 Å². The number of nitrogens with zero attached hydrogens (tertiary/aromatic N) is 1. The molecule has 13 heavy (non-hydrogen) atoms. The molecular weight excluding hydrogens is 162 g/mol. The third-order valence-corrected chi connectivity index (χ3v) is 2.70. The Hall–Kier alpha value is -1.35. The van der Waals surface area contributed by atoms with E-state index in [2.05, 4.69) is 27.5 Å². The predicted molar refractivity (Wildman–Crippen MR) is 51.7 cm³/mol. The maximum atomic E-state index is 4.27. The molecule has 3 heteroatoms. The highest BCUT2D eigenvalue weighted by Crippen LogP contribution is 2.26. The van der Waals surface area contributed by atoms with E-state index in [0.717, 1.165) is 18.7 Å². The van der Waals surface area contributed by atoms with Crippen molar-refractivity contribution in [2.75, 3.05) is 13.1 Å². The maximum absolute atomic E-state index is 4.27. The molecule has 3 nitrogen and oxygen atoms in total. The largest absolute Gasteiger partial charge is 0.346 e. The molecular formula is C10H11N3. The van der Waals surface area contributed by atoms with Crippen LogP contribution in [-0.2, 0) is 0 Å². The van der Waals surface area contributed by atoms with Crippen molar-refractivity contribution < 1.29 is 0 Å². The van der Waals surface area contributed by atoms with Crippen LogP contribution >= 0.6 is 0 Å². The summed E-state index contributed by atoms with van der Waals surface area (Å²) in [7, 11) is 0. The van der Waals surface area contributed by atoms with Crippen LogP contribution in [0.15, 0.2) is 24.5 Å². The summed E-state index contributed by atoms with van der Waals surface area (Å²) < 4.78 is 0. The number of aromatic amines is 1. The van der Waals surface area contributed by atoms with Gasteiger partial charge in [0.25, 0.3) is 0 Å². The Kier molecular flexibility index (Phi) is 1.40. The van der Waals surface area contributed by atoms with Crippen LogP contribution in [-0.4, -0.2) is 23.1 Å². The van der Waals surface area contributed by atoms with Crippen molar-refractivity contribution in [2.24, 2.45) is 0 Å². The van der Waals surface area contributed by atoms with Gasteiger partial charge < -0.3 is 10.3 Å². The number of aromatic nitrogens is 2. The smallest absolute Gasteiger partial charge is 0.137 e. The van der Waals surface area contributed by atoms with E-state index >= 15 is 0 Å². The van der Waals surface area contributed by atoms with Crippen LogP contribution in [0.1, 0.15) is 11.5 Å². The fraction of sp³-hybridized carbons (Fsp3) is 0.300. The molecule has 0 unspecified atom stereocenters. The first-order valence-electron chi connectivity index (χ1n) is 4.58. The van der Waals surface area contributed by atoms with Crippen molar-refractivity contribution in [3.8, 4) is 0 Å². The lowest BCUT2D eigenvalue weighted by Crippen LogP contribution is -2.39. The zero-order valence-electron chi connectivity index (χ0n) is 7.25. The predicted octanol–water partition coefficient (Wildman–Crippen LogP) is 1.25. The fourth-order valence-electron chi connectivity index (χ4n) is 1.82. The Morgan fingerprint density at radius 2 is 2.31 bits per heavy atom. The van der Waals surface area contributed by atoms with Gasteiger partial charge in [-0.3, -0.25) is 0 Å². The molecule has 3 rings (SSSR count). The first kappa shape index (κ1) is 7.09. The van der Waals surface area contributed by atoms with E-state index in [1.807, 2.05) is 12.3 Å². The highest BCUT2D eigenvalue weighted by atomic mass is 15.0. The number of rotatable bonds is 1. The molecule has 1 aliphatic heterocycles. The summed E-state index contributed by atoms with van der Waals surface area (Å²) in [4.78, 5) is 7.47. The van der Waals surface area contributed by atoms with E-state index in [9.17, 15) is 0 Å². The summed E-state index contributed by atoms with van der Waals surface area (Å²) in [5.41, 5.74) is 2.41. The van der Waals surface area contributed by atoms with Gasteiger partial charge in [0, 0.05) is 36.8 Å². The average molecular weight is 173 g/mol. The Labute approximate surface area is 76.2 Å². The molecule has 0 spiro atoms. The van der Waals surface area contributed by atoms with E-state index in [1.165, 1.54) is 10.9 Å². The van der Waals surface area contributed by atoms with Gasteiger partial charge in [-0.2, -0.15) is 0 Å². The molecule has 0 aliphatic carbocycles. The van der Waals surface area contributed by atoms with Crippen molar-refractivity contribution in [3.05, 3.63) is 30.1 Å². The van der Waals surface area contributed by atoms with Crippen LogP contribution in [0.3, 0.4) is 0 Å². The molecule has 0 saturated carbocycles. The minimum atomic E-state index is 0.679. The highest BCUT2D eigenvalue weighted by molar-refractivity contribution is 5.80. The number of H-pyrrole nitrogens is 1. The standard InChI is InChI=1S/C10H11N3/c1-2-8-9(7-4-11-5-7)6-13-10(8)12-3-1/h1-3,6-7,11H,4-5H2,(H,12,13). The van der Waals surface area contributed by atoms with Gasteiger partial charge in [-0.15, -0.1) is 0 Å². The molecule has 1 fully saturated rings. The molecule has 1 saturated heterocycles. The molecule has 0 atom stereocenters. The van der Waals surface area contributed by atoms with Gasteiger partial charge in [0.1, 0.15) is 5.65 Å². The highest BCUT2D eigenvalue weighted by Gasteiger charge is 2.21. The van der Waals surface area contributed by atoms with Crippen LogP contribution < -0.4 is 5.32 Å². The van der Waals surface area contributed by atoms with Gasteiger partial charge in [-0.05, 0) is 17.7 Å². The lowest BCUT2D eigenvalue weighted by Gasteiger charge is -2.26. The van der Waals surface area contributed by atoms with Crippen LogP contribution in [0.4, 0.5) is 0 Å². The number of fused-ring (bicyclic) bond motifs is 1. The summed E-state index contributed by atoms with van der Waals surface area (Å²) in [5, 5.41) is 4.55. The lowest BCUT2D eigenvalue weighted by molar-refractivity contribution is 0.451. The Morgan fingerprint density at radius 1 is 1.38 bits per heavy atom. The van der Waals surface area contributed by atoms with E-state index < -0.39 is 0 Å². The topological polar surface area (TPSA) is 40.7 Å². The zero-order chi connectivity index (χ0) is 8.67. The van der Waals surface area contributed by atoms with Gasteiger partial charge in [-0.25, -0.2) is 4.98 Å². The number of pyridine rings is 1. The summed E-state index contributed by atoms with van der Waals surface area (Å²) in [5.74, 6) is 0.679. The zero-order valence-corrected chi connectivity index (χ0v) is 7.25. The van der Waals surface area contributed by atoms with Crippen LogP contribution in [0.2, 0.25) is 0 Å². The first-order valence-corrected chi connectivity index (χ1v) is 4.58. The molecule has 2 N–H and O–H groups in total. The summed E-state index contributed by atoms with van der Waals surface area (Å²) in [6.45, 7) is 2.20. The van der Waals surface area contributed by atoms with Gasteiger partial charge in [0.05, 0.1) is 0 Å². The number of hydrogen-bond donors (Lipinski definition) is 2. The van der Waals surface area contributed by atoms with E-state index in [1.54, 1.807) is 0 Å². The third-order valence-electron chi connectivity index (χ3n) is 2.70. The Balaban J connectivity index is 2.17. The van der Waals surface area contributed by atoms with Crippen LogP contribution in [0.5, 0.6) is 0 Å². The average Bonchev–Trinajstić information content (AvgIpc) is 2.47. The van der Waals surface area contributed by atoms with Crippen molar-refractivity contribution >= 4 is 11.0 Å². The van der Waals surface area contributed by atoms with E-state index in [4.69, 9.17) is 0 Å². The molecule has 3 heterocycles. The molecule has 1 aliphatic rings. The third kappa shape index (κ3) is 0.971. The minimum absolute atomic E-state index is 0.679. The number of hydrogen-bond acceptors (Lipinski definition) is 2. The molecule has 0 radical (unpaired) electrons. The fourth-order valence-corrected chi connectivity index (χ4v) is 1.82. The lowest BCUT2D eigenvalue weighted by atomic mass is 9.94. The SMILES string of the molecule is c1cnc2[nH]cc(C3CNC3)c2c1. The number of nitrogens with one attached hydrogen (secondary N) is 2. The van der Waals surface area contributed by atoms with Gasteiger partial charge in [0.2, 0.25) is 0 Å². The molecule has 2 aromatic heterocycles. The summed E-state index contributed by atoms with van der Waals surface area (Å²) in [6.07, 6.45) is 3.91. The van der Waals surface area contributed by atoms with Crippen LogP contribution in [0.25, 0.3) is 11.0 Å². The molecule has 0 amide bonds. The quantitative estimate of drug-likeness (QED) is 0.681. The molecule has 0 aromatic carbocycles. The van der Waals surface area contributed by atoms with Crippen LogP contribution in [0, 0.1) is 0 Å². The maximum Gasteiger partial charge on any atom is 0.137 e. The van der Waals surface area contributed by atoms with E-state index in [-0.39, 0.29) is 0 Å². The molecule has 2 aromatic rings. The second-order valence-corrected chi connectivity index (χ2v) is 3.50. The van der Waals surface area contributed by atoms with Gasteiger partial charge >= 0.3 is 0 Å². The first-order chi connectivity index (χ1) is 6.45. The normalized spacial score (nSPS) is 17.5. The van der Waals surface area contributed by atoms with Crippen molar-refractivity contribution in [2.45, 2.75) is 5.92 Å². The second kappa shape index (κ2) is 2.57. The van der Waals surface area contributed by atoms with Crippen molar-refractivity contribution in [3.63, 3.8) is 0 Å². The van der Waals surface area contributed by atoms with Crippen molar-refractivity contribution in [1.29, 1.82) is 0 Å². The summed E-state index contributed by atoms with van der Waals surface area (Å²) >= 11 is 0. The molecule has 66 valence electrons. The monoisotopic (exact) mass is 173 g/mol. The Bertz CT molecular complexity index is 428. The molecule has 0 bridgehead atoms. The van der Waals surface area contributed by atoms with Gasteiger partial charge in [0.15, 0.2) is 0 Å². The van der Waals surface area contributed by atoms with Crippen molar-refractivity contribution in [1.82, 2.24) is 15.3 Å². The second-order valence-electron chi connectivity index (χ2n) is 3.50. The van der Waals surface area contributed by atoms with E-state index in [0.29, 0.717) is 5.92 Å². The minimum Gasteiger partial charge on any atom is -0.346 e.